The molecule has 0 spiro atoms. The molecule has 1 saturated heterocycles. The Morgan fingerprint density at radius 1 is 1.16 bits per heavy atom. The third-order valence-electron chi connectivity index (χ3n) is 4.52. The zero-order chi connectivity index (χ0) is 17.4. The Bertz CT molecular complexity index is 969. The molecule has 1 fully saturated rings. The van der Waals surface area contributed by atoms with Crippen molar-refractivity contribution in [2.24, 2.45) is 0 Å². The Morgan fingerprint density at radius 3 is 2.64 bits per heavy atom. The normalized spacial score (nSPS) is 17.2. The van der Waals surface area contributed by atoms with Gasteiger partial charge in [-0.25, -0.2) is 0 Å². The number of phenols is 1. The van der Waals surface area contributed by atoms with E-state index in [0.717, 1.165) is 24.0 Å². The van der Waals surface area contributed by atoms with Gasteiger partial charge in [-0.1, -0.05) is 24.3 Å². The minimum Gasteiger partial charge on any atom is -0.508 e. The second-order valence-corrected chi connectivity index (χ2v) is 6.45. The topological polar surface area (TPSA) is 59.7 Å². The van der Waals surface area contributed by atoms with Crippen LogP contribution in [0.5, 0.6) is 5.75 Å². The number of rotatable bonds is 3. The SMILES string of the molecule is O=c1c(-c2ccc(CCl)cc2)c(C2CCCO2)oc2cc(O)ccc12. The lowest BCUT2D eigenvalue weighted by molar-refractivity contribution is 0.0946. The number of halogens is 1. The van der Waals surface area contributed by atoms with E-state index in [1.165, 1.54) is 12.1 Å². The monoisotopic (exact) mass is 356 g/mol. The molecule has 0 radical (unpaired) electrons. The average Bonchev–Trinajstić information content (AvgIpc) is 3.16. The van der Waals surface area contributed by atoms with Crippen LogP contribution >= 0.6 is 11.6 Å². The fraction of sp³-hybridized carbons (Fsp3) is 0.250. The molecule has 1 atom stereocenters. The number of hydrogen-bond acceptors (Lipinski definition) is 4. The van der Waals surface area contributed by atoms with Gasteiger partial charge >= 0.3 is 0 Å². The first-order chi connectivity index (χ1) is 12.2. The molecule has 1 aromatic heterocycles. The van der Waals surface area contributed by atoms with E-state index in [4.69, 9.17) is 20.8 Å². The van der Waals surface area contributed by atoms with Crippen molar-refractivity contribution in [1.82, 2.24) is 0 Å². The van der Waals surface area contributed by atoms with Crippen LogP contribution in [0.1, 0.15) is 30.3 Å². The number of aromatic hydroxyl groups is 1. The van der Waals surface area contributed by atoms with Crippen LogP contribution in [0, 0.1) is 0 Å². The van der Waals surface area contributed by atoms with E-state index in [1.54, 1.807) is 6.07 Å². The van der Waals surface area contributed by atoms with Crippen molar-refractivity contribution in [2.75, 3.05) is 6.61 Å². The maximum Gasteiger partial charge on any atom is 0.200 e. The Kier molecular flexibility index (Phi) is 4.24. The van der Waals surface area contributed by atoms with E-state index >= 15 is 0 Å². The van der Waals surface area contributed by atoms with Gasteiger partial charge < -0.3 is 14.3 Å². The van der Waals surface area contributed by atoms with Crippen LogP contribution in [0.3, 0.4) is 0 Å². The smallest absolute Gasteiger partial charge is 0.200 e. The first-order valence-corrected chi connectivity index (χ1v) is 8.77. The van der Waals surface area contributed by atoms with Gasteiger partial charge in [0.15, 0.2) is 0 Å². The Morgan fingerprint density at radius 2 is 1.96 bits per heavy atom. The molecule has 4 rings (SSSR count). The van der Waals surface area contributed by atoms with E-state index in [0.29, 0.717) is 34.8 Å². The fourth-order valence-electron chi connectivity index (χ4n) is 3.24. The van der Waals surface area contributed by atoms with Crippen molar-refractivity contribution in [3.05, 3.63) is 64.0 Å². The summed E-state index contributed by atoms with van der Waals surface area (Å²) in [6.07, 6.45) is 1.49. The number of alkyl halides is 1. The fourth-order valence-corrected chi connectivity index (χ4v) is 3.42. The molecule has 4 nitrogen and oxygen atoms in total. The third kappa shape index (κ3) is 2.92. The molecular formula is C20H17ClO4. The molecule has 25 heavy (non-hydrogen) atoms. The lowest BCUT2D eigenvalue weighted by Gasteiger charge is -2.15. The summed E-state index contributed by atoms with van der Waals surface area (Å²) in [4.78, 5) is 13.1. The highest BCUT2D eigenvalue weighted by Crippen LogP contribution is 2.36. The van der Waals surface area contributed by atoms with Crippen molar-refractivity contribution in [3.8, 4) is 16.9 Å². The van der Waals surface area contributed by atoms with E-state index in [9.17, 15) is 9.90 Å². The molecule has 0 aliphatic carbocycles. The summed E-state index contributed by atoms with van der Waals surface area (Å²) in [7, 11) is 0. The highest BCUT2D eigenvalue weighted by molar-refractivity contribution is 6.17. The zero-order valence-corrected chi connectivity index (χ0v) is 14.3. The van der Waals surface area contributed by atoms with E-state index in [-0.39, 0.29) is 17.3 Å². The molecule has 0 saturated carbocycles. The van der Waals surface area contributed by atoms with Gasteiger partial charge in [-0.3, -0.25) is 4.79 Å². The third-order valence-corrected chi connectivity index (χ3v) is 4.83. The molecular weight excluding hydrogens is 340 g/mol. The first kappa shape index (κ1) is 16.2. The van der Waals surface area contributed by atoms with Crippen molar-refractivity contribution in [2.45, 2.75) is 24.8 Å². The molecule has 1 aliphatic heterocycles. The number of ether oxygens (including phenoxy) is 1. The standard InChI is InChI=1S/C20H17ClO4/c21-11-12-3-5-13(6-4-12)18-19(23)15-8-7-14(22)10-17(15)25-20(18)16-2-1-9-24-16/h3-8,10,16,22H,1-2,9,11H2. The zero-order valence-electron chi connectivity index (χ0n) is 13.5. The highest BCUT2D eigenvalue weighted by atomic mass is 35.5. The van der Waals surface area contributed by atoms with Crippen molar-refractivity contribution in [3.63, 3.8) is 0 Å². The molecule has 5 heteroatoms. The summed E-state index contributed by atoms with van der Waals surface area (Å²) in [6, 6.07) is 12.1. The molecule has 0 bridgehead atoms. The number of phenolic OH excluding ortho intramolecular Hbond substituents is 1. The first-order valence-electron chi connectivity index (χ1n) is 8.24. The number of fused-ring (bicyclic) bond motifs is 1. The van der Waals surface area contributed by atoms with Gasteiger partial charge in [-0.2, -0.15) is 0 Å². The maximum absolute atomic E-state index is 13.1. The van der Waals surface area contributed by atoms with E-state index < -0.39 is 0 Å². The summed E-state index contributed by atoms with van der Waals surface area (Å²) in [5, 5.41) is 10.2. The number of hydrogen-bond donors (Lipinski definition) is 1. The minimum atomic E-state index is -0.248. The van der Waals surface area contributed by atoms with Gasteiger partial charge in [0.25, 0.3) is 0 Å². The highest BCUT2D eigenvalue weighted by Gasteiger charge is 2.27. The predicted octanol–water partition coefficient (Wildman–Crippen LogP) is 4.76. The molecule has 3 aromatic rings. The molecule has 128 valence electrons. The quantitative estimate of drug-likeness (QED) is 0.687. The van der Waals surface area contributed by atoms with Crippen LogP contribution in [0.25, 0.3) is 22.1 Å². The lowest BCUT2D eigenvalue weighted by atomic mass is 9.98. The van der Waals surface area contributed by atoms with Gasteiger partial charge in [0.2, 0.25) is 5.43 Å². The average molecular weight is 357 g/mol. The van der Waals surface area contributed by atoms with Crippen LogP contribution in [0.4, 0.5) is 0 Å². The van der Waals surface area contributed by atoms with E-state index in [1.807, 2.05) is 24.3 Å². The lowest BCUT2D eigenvalue weighted by Crippen LogP contribution is -2.11. The summed E-state index contributed by atoms with van der Waals surface area (Å²) in [5.74, 6) is 1.01. The minimum absolute atomic E-state index is 0.0631. The second-order valence-electron chi connectivity index (χ2n) is 6.18. The maximum atomic E-state index is 13.1. The van der Waals surface area contributed by atoms with Gasteiger partial charge in [0.05, 0.1) is 10.9 Å². The Hall–Kier alpha value is -2.30. The Labute approximate surface area is 149 Å². The summed E-state index contributed by atoms with van der Waals surface area (Å²) in [6.45, 7) is 0.650. The van der Waals surface area contributed by atoms with Crippen LogP contribution < -0.4 is 5.43 Å². The van der Waals surface area contributed by atoms with Gasteiger partial charge in [0, 0.05) is 18.6 Å². The summed E-state index contributed by atoms with van der Waals surface area (Å²) in [5.41, 5.74) is 2.54. The van der Waals surface area contributed by atoms with Crippen LogP contribution in [-0.2, 0) is 10.6 Å². The largest absolute Gasteiger partial charge is 0.508 e. The predicted molar refractivity (Wildman–Crippen MR) is 97.1 cm³/mol. The molecule has 1 unspecified atom stereocenters. The molecule has 1 N–H and O–H groups in total. The van der Waals surface area contributed by atoms with Crippen molar-refractivity contribution in [1.29, 1.82) is 0 Å². The van der Waals surface area contributed by atoms with E-state index in [2.05, 4.69) is 0 Å². The van der Waals surface area contributed by atoms with Crippen molar-refractivity contribution >= 4 is 22.6 Å². The summed E-state index contributed by atoms with van der Waals surface area (Å²) >= 11 is 5.86. The molecule has 2 aromatic carbocycles. The van der Waals surface area contributed by atoms with Crippen LogP contribution in [0.2, 0.25) is 0 Å². The van der Waals surface area contributed by atoms with Crippen LogP contribution in [0.15, 0.2) is 51.7 Å². The molecule has 0 amide bonds. The molecule has 1 aliphatic rings. The van der Waals surface area contributed by atoms with Crippen LogP contribution in [-0.4, -0.2) is 11.7 Å². The Balaban J connectivity index is 1.99. The number of benzene rings is 2. The van der Waals surface area contributed by atoms with Crippen molar-refractivity contribution < 1.29 is 14.3 Å². The van der Waals surface area contributed by atoms with Gasteiger partial charge in [-0.05, 0) is 36.1 Å². The van der Waals surface area contributed by atoms with Gasteiger partial charge in [0.1, 0.15) is 23.2 Å². The van der Waals surface area contributed by atoms with Gasteiger partial charge in [-0.15, -0.1) is 11.6 Å². The molecule has 2 heterocycles. The summed E-state index contributed by atoms with van der Waals surface area (Å²) < 4.78 is 11.8. The second kappa shape index (κ2) is 6.54.